The number of imidazole rings is 1. The highest BCUT2D eigenvalue weighted by molar-refractivity contribution is 6.20. The number of rotatable bonds is 7. The molecule has 0 aliphatic carbocycles. The fourth-order valence-corrected chi connectivity index (χ4v) is 2.57. The topological polar surface area (TPSA) is 100 Å². The second kappa shape index (κ2) is 15.7. The van der Waals surface area contributed by atoms with E-state index in [1.165, 1.54) is 6.20 Å². The van der Waals surface area contributed by atoms with Crippen LogP contribution in [0.1, 0.15) is 52.9 Å². The summed E-state index contributed by atoms with van der Waals surface area (Å²) in [6.07, 6.45) is 8.52. The lowest BCUT2D eigenvalue weighted by molar-refractivity contribution is 0.469. The van der Waals surface area contributed by atoms with Gasteiger partial charge >= 0.3 is 0 Å². The molecular weight excluding hydrogens is 462 g/mol. The fourth-order valence-electron chi connectivity index (χ4n) is 2.57. The second-order valence-corrected chi connectivity index (χ2v) is 9.41. The van der Waals surface area contributed by atoms with Crippen LogP contribution in [0.5, 0.6) is 5.75 Å². The third kappa shape index (κ3) is 12.4. The quantitative estimate of drug-likeness (QED) is 0.175. The van der Waals surface area contributed by atoms with Crippen molar-refractivity contribution in [3.05, 3.63) is 85.6 Å². The van der Waals surface area contributed by atoms with Crippen LogP contribution in [0.25, 0.3) is 5.57 Å². The van der Waals surface area contributed by atoms with Gasteiger partial charge in [-0.3, -0.25) is 0 Å². The van der Waals surface area contributed by atoms with Crippen molar-refractivity contribution in [2.24, 2.45) is 10.4 Å². The standard InChI is InChI=1S/C21H23N7O.C5H12.C3H6/c1-5-17(18-11-12-24-20(22-4)28-18)19(23-6-2)29-16-9-7-15(8-10-16)27-21-25-13-14(3)26-21;1-5(2,3)4;1-3-2/h5-13H,2H2,1,3-4H3,(H,22,24,28)(H2,25,26,27);1-4H3;3H,1H2,2H3/b17-5-,23-19?;;. The summed E-state index contributed by atoms with van der Waals surface area (Å²) in [5.74, 6) is 2.23. The van der Waals surface area contributed by atoms with E-state index in [9.17, 15) is 0 Å². The summed E-state index contributed by atoms with van der Waals surface area (Å²) < 4.78 is 6.02. The van der Waals surface area contributed by atoms with E-state index < -0.39 is 0 Å². The van der Waals surface area contributed by atoms with Crippen LogP contribution >= 0.6 is 0 Å². The Kier molecular flexibility index (Phi) is 13.1. The largest absolute Gasteiger partial charge is 0.438 e. The molecule has 2 aromatic heterocycles. The third-order valence-corrected chi connectivity index (χ3v) is 3.92. The number of aromatic nitrogens is 4. The summed E-state index contributed by atoms with van der Waals surface area (Å²) in [5, 5.41) is 6.13. The Labute approximate surface area is 221 Å². The molecule has 3 aromatic rings. The van der Waals surface area contributed by atoms with Crippen molar-refractivity contribution in [2.75, 3.05) is 17.7 Å². The number of ether oxygens (including phenoxy) is 1. The molecule has 0 aliphatic heterocycles. The van der Waals surface area contributed by atoms with Crippen LogP contribution in [0.4, 0.5) is 17.6 Å². The van der Waals surface area contributed by atoms with Gasteiger partial charge in [0, 0.05) is 37.0 Å². The van der Waals surface area contributed by atoms with Crippen molar-refractivity contribution in [1.29, 1.82) is 0 Å². The number of anilines is 3. The molecule has 3 N–H and O–H groups in total. The Balaban J connectivity index is 0.000000751. The van der Waals surface area contributed by atoms with Crippen molar-refractivity contribution >= 4 is 29.1 Å². The Morgan fingerprint density at radius 1 is 1.05 bits per heavy atom. The smallest absolute Gasteiger partial charge is 0.228 e. The molecule has 37 heavy (non-hydrogen) atoms. The van der Waals surface area contributed by atoms with Crippen molar-refractivity contribution in [3.63, 3.8) is 0 Å². The van der Waals surface area contributed by atoms with Crippen LogP contribution in [-0.4, -0.2) is 32.9 Å². The lowest BCUT2D eigenvalue weighted by Gasteiger charge is -2.12. The molecule has 8 nitrogen and oxygen atoms in total. The van der Waals surface area contributed by atoms with E-state index >= 15 is 0 Å². The van der Waals surface area contributed by atoms with Gasteiger partial charge in [-0.25, -0.2) is 19.9 Å². The molecule has 0 radical (unpaired) electrons. The van der Waals surface area contributed by atoms with Gasteiger partial charge in [-0.1, -0.05) is 46.4 Å². The highest BCUT2D eigenvalue weighted by Crippen LogP contribution is 2.22. The third-order valence-electron chi connectivity index (χ3n) is 3.92. The molecular formula is C29H41N7O. The van der Waals surface area contributed by atoms with E-state index in [0.29, 0.717) is 34.7 Å². The normalized spacial score (nSPS) is 11.2. The first-order valence-electron chi connectivity index (χ1n) is 12.0. The van der Waals surface area contributed by atoms with Crippen LogP contribution in [-0.2, 0) is 0 Å². The number of aryl methyl sites for hydroxylation is 1. The summed E-state index contributed by atoms with van der Waals surface area (Å²) in [5.41, 5.74) is 3.80. The zero-order valence-corrected chi connectivity index (χ0v) is 23.4. The molecule has 1 aromatic carbocycles. The number of hydrogen-bond acceptors (Lipinski definition) is 7. The first kappa shape index (κ1) is 30.8. The number of allylic oxidation sites excluding steroid dienone is 2. The minimum absolute atomic E-state index is 0.394. The number of nitrogens with one attached hydrogen (secondary N) is 3. The second-order valence-electron chi connectivity index (χ2n) is 9.41. The van der Waals surface area contributed by atoms with Gasteiger partial charge in [-0.05, 0) is 56.5 Å². The van der Waals surface area contributed by atoms with Crippen LogP contribution in [0.3, 0.4) is 0 Å². The Morgan fingerprint density at radius 3 is 2.16 bits per heavy atom. The summed E-state index contributed by atoms with van der Waals surface area (Å²) in [6.45, 7) is 21.5. The fraction of sp³-hybridized carbons (Fsp3) is 0.310. The van der Waals surface area contributed by atoms with Gasteiger partial charge in [0.05, 0.1) is 11.3 Å². The Bertz CT molecular complexity index is 1160. The number of aliphatic imine (C=N–C) groups is 1. The first-order chi connectivity index (χ1) is 17.5. The van der Waals surface area contributed by atoms with E-state index in [2.05, 4.69) is 76.4 Å². The van der Waals surface area contributed by atoms with Crippen molar-refractivity contribution in [3.8, 4) is 5.75 Å². The zero-order valence-electron chi connectivity index (χ0n) is 23.4. The first-order valence-corrected chi connectivity index (χ1v) is 12.0. The zero-order chi connectivity index (χ0) is 27.8. The molecule has 0 saturated heterocycles. The molecule has 0 bridgehead atoms. The molecule has 0 aliphatic rings. The van der Waals surface area contributed by atoms with Crippen LogP contribution in [0.15, 0.2) is 79.2 Å². The maximum atomic E-state index is 6.02. The lowest BCUT2D eigenvalue weighted by Crippen LogP contribution is -2.12. The Hall–Kier alpha value is -4.20. The minimum Gasteiger partial charge on any atom is -0.438 e. The van der Waals surface area contributed by atoms with Crippen LogP contribution in [0.2, 0.25) is 0 Å². The highest BCUT2D eigenvalue weighted by Gasteiger charge is 2.14. The van der Waals surface area contributed by atoms with E-state index in [1.807, 2.05) is 51.1 Å². The number of nitrogens with zero attached hydrogens (tertiary/aromatic N) is 4. The van der Waals surface area contributed by atoms with Gasteiger partial charge in [-0.2, -0.15) is 0 Å². The lowest BCUT2D eigenvalue weighted by atomic mass is 10.0. The molecule has 0 fully saturated rings. The molecule has 0 unspecified atom stereocenters. The molecule has 0 spiro atoms. The predicted molar refractivity (Wildman–Crippen MR) is 158 cm³/mol. The molecule has 3 rings (SSSR count). The molecule has 198 valence electrons. The van der Waals surface area contributed by atoms with Gasteiger partial charge in [0.2, 0.25) is 17.8 Å². The predicted octanol–water partition coefficient (Wildman–Crippen LogP) is 7.56. The van der Waals surface area contributed by atoms with Crippen molar-refractivity contribution < 1.29 is 4.74 Å². The van der Waals surface area contributed by atoms with Gasteiger partial charge in [0.1, 0.15) is 5.75 Å². The van der Waals surface area contributed by atoms with Crippen molar-refractivity contribution in [2.45, 2.75) is 48.5 Å². The molecule has 2 heterocycles. The highest BCUT2D eigenvalue weighted by atomic mass is 16.5. The monoisotopic (exact) mass is 503 g/mol. The van der Waals surface area contributed by atoms with E-state index in [1.54, 1.807) is 31.6 Å². The van der Waals surface area contributed by atoms with Gasteiger partial charge in [-0.15, -0.1) is 6.58 Å². The molecule has 0 saturated carbocycles. The summed E-state index contributed by atoms with van der Waals surface area (Å²) in [6, 6.07) is 9.30. The SMILES string of the molecule is C=CC.C=CN=C(Oc1ccc(Nc2ncc(C)[nH]2)cc1)/C(=C\C)c1ccnc(NC)n1.CC(C)(C)C. The average Bonchev–Trinajstić information content (AvgIpc) is 3.25. The number of H-pyrrole nitrogens is 1. The molecule has 0 amide bonds. The van der Waals surface area contributed by atoms with Gasteiger partial charge < -0.3 is 20.4 Å². The summed E-state index contributed by atoms with van der Waals surface area (Å²) >= 11 is 0. The number of aromatic amines is 1. The number of benzene rings is 1. The maximum absolute atomic E-state index is 6.02. The van der Waals surface area contributed by atoms with Crippen molar-refractivity contribution in [1.82, 2.24) is 19.9 Å². The maximum Gasteiger partial charge on any atom is 0.228 e. The minimum atomic E-state index is 0.394. The summed E-state index contributed by atoms with van der Waals surface area (Å²) in [7, 11) is 1.77. The van der Waals surface area contributed by atoms with Gasteiger partial charge in [0.25, 0.3) is 0 Å². The Morgan fingerprint density at radius 2 is 1.68 bits per heavy atom. The number of hydrogen-bond donors (Lipinski definition) is 3. The van der Waals surface area contributed by atoms with Crippen LogP contribution < -0.4 is 15.4 Å². The van der Waals surface area contributed by atoms with E-state index in [0.717, 1.165) is 17.0 Å². The summed E-state index contributed by atoms with van der Waals surface area (Å²) in [4.78, 5) is 20.3. The van der Waals surface area contributed by atoms with Crippen LogP contribution in [0, 0.1) is 12.3 Å². The molecule has 8 heteroatoms. The molecule has 0 atom stereocenters. The van der Waals surface area contributed by atoms with E-state index in [-0.39, 0.29) is 0 Å². The average molecular weight is 504 g/mol. The van der Waals surface area contributed by atoms with E-state index in [4.69, 9.17) is 4.74 Å². The van der Waals surface area contributed by atoms with Gasteiger partial charge in [0.15, 0.2) is 0 Å².